The smallest absolute Gasteiger partial charge is 0.0980 e. The minimum absolute atomic E-state index is 0.813. The molecule has 11 heavy (non-hydrogen) atoms. The van der Waals surface area contributed by atoms with Gasteiger partial charge in [0.25, 0.3) is 0 Å². The molecule has 0 amide bonds. The molecule has 0 bridgehead atoms. The van der Waals surface area contributed by atoms with Gasteiger partial charge in [0.05, 0.1) is 17.6 Å². The first-order valence-electron chi connectivity index (χ1n) is 3.27. The number of aryl methyl sites for hydroxylation is 1. The molecule has 2 rings (SSSR count). The van der Waals surface area contributed by atoms with Crippen molar-refractivity contribution in [3.8, 4) is 11.3 Å². The fourth-order valence-corrected chi connectivity index (χ4v) is 1.03. The molecular weight excluding hydrogens is 142 g/mol. The Labute approximate surface area is 63.4 Å². The molecule has 0 atom stereocenters. The largest absolute Gasteiger partial charge is 0.429 e. The van der Waals surface area contributed by atoms with Crippen LogP contribution in [0.3, 0.4) is 0 Å². The van der Waals surface area contributed by atoms with Crippen LogP contribution in [0.25, 0.3) is 11.3 Å². The maximum Gasteiger partial charge on any atom is 0.0980 e. The van der Waals surface area contributed by atoms with Crippen molar-refractivity contribution >= 4 is 0 Å². The number of aromatic nitrogens is 3. The van der Waals surface area contributed by atoms with Gasteiger partial charge in [-0.05, 0) is 13.0 Å². The number of hydrogen-bond donors (Lipinski definition) is 1. The van der Waals surface area contributed by atoms with Crippen LogP contribution in [0.15, 0.2) is 18.5 Å². The number of pyridine rings is 1. The summed E-state index contributed by atoms with van der Waals surface area (Å²) in [4.78, 5) is 0. The molecule has 0 aromatic carbocycles. The highest BCUT2D eigenvalue weighted by atomic mass is 16.5. The molecular formula is C7H7N3O. The van der Waals surface area contributed by atoms with Gasteiger partial charge in [-0.3, -0.25) is 0 Å². The highest BCUT2D eigenvalue weighted by Crippen LogP contribution is 2.20. The minimum Gasteiger partial charge on any atom is -0.429 e. The second kappa shape index (κ2) is 1.95. The highest BCUT2D eigenvalue weighted by Gasteiger charge is 2.08. The van der Waals surface area contributed by atoms with E-state index >= 15 is 0 Å². The van der Waals surface area contributed by atoms with Crippen molar-refractivity contribution in [2.45, 2.75) is 6.92 Å². The van der Waals surface area contributed by atoms with Crippen molar-refractivity contribution in [3.05, 3.63) is 24.2 Å². The van der Waals surface area contributed by atoms with Crippen molar-refractivity contribution in [3.63, 3.8) is 0 Å². The summed E-state index contributed by atoms with van der Waals surface area (Å²) in [6.45, 7) is 1.86. The van der Waals surface area contributed by atoms with Crippen LogP contribution in [0.4, 0.5) is 0 Å². The lowest BCUT2D eigenvalue weighted by Crippen LogP contribution is -1.91. The van der Waals surface area contributed by atoms with Gasteiger partial charge in [0.1, 0.15) is 0 Å². The summed E-state index contributed by atoms with van der Waals surface area (Å²) in [5.41, 5.74) is 2.53. The second-order valence-electron chi connectivity index (χ2n) is 2.41. The summed E-state index contributed by atoms with van der Waals surface area (Å²) >= 11 is 0. The van der Waals surface area contributed by atoms with Gasteiger partial charge >= 0.3 is 0 Å². The van der Waals surface area contributed by atoms with Crippen LogP contribution in [0.1, 0.15) is 5.69 Å². The first-order valence-corrected chi connectivity index (χ1v) is 3.27. The van der Waals surface area contributed by atoms with Crippen molar-refractivity contribution in [2.75, 3.05) is 0 Å². The summed E-state index contributed by atoms with van der Waals surface area (Å²) < 4.78 is 0.999. The van der Waals surface area contributed by atoms with E-state index in [2.05, 4.69) is 10.2 Å². The molecule has 4 heteroatoms. The SMILES string of the molecule is Cc1nnc2ccn(O)cc1-2. The average Bonchev–Trinajstić information content (AvgIpc) is 2.33. The van der Waals surface area contributed by atoms with Crippen molar-refractivity contribution in [1.29, 1.82) is 0 Å². The molecule has 0 aliphatic carbocycles. The lowest BCUT2D eigenvalue weighted by molar-refractivity contribution is 0.185. The Morgan fingerprint density at radius 2 is 2.27 bits per heavy atom. The van der Waals surface area contributed by atoms with E-state index in [9.17, 15) is 0 Å². The number of rotatable bonds is 0. The monoisotopic (exact) mass is 149 g/mol. The van der Waals surface area contributed by atoms with Gasteiger partial charge < -0.3 is 5.21 Å². The summed E-state index contributed by atoms with van der Waals surface area (Å²) in [5.74, 6) is 0. The van der Waals surface area contributed by atoms with Crippen LogP contribution in [-0.2, 0) is 0 Å². The van der Waals surface area contributed by atoms with E-state index in [1.807, 2.05) is 6.92 Å². The summed E-state index contributed by atoms with van der Waals surface area (Å²) in [5, 5.41) is 16.8. The number of nitrogens with zero attached hydrogens (tertiary/aromatic N) is 3. The van der Waals surface area contributed by atoms with E-state index in [-0.39, 0.29) is 0 Å². The van der Waals surface area contributed by atoms with Crippen molar-refractivity contribution in [2.24, 2.45) is 0 Å². The third-order valence-corrected chi connectivity index (χ3v) is 1.62. The standard InChI is InChI=1S/C7H7N3O/c1-5-6-4-10(11)3-2-7(6)9-8-5/h2-4,11H,1H3. The summed E-state index contributed by atoms with van der Waals surface area (Å²) in [7, 11) is 0. The molecule has 0 radical (unpaired) electrons. The van der Waals surface area contributed by atoms with Crippen LogP contribution in [0.5, 0.6) is 0 Å². The Bertz CT molecular complexity index is 355. The predicted molar refractivity (Wildman–Crippen MR) is 38.6 cm³/mol. The molecule has 0 saturated carbocycles. The summed E-state index contributed by atoms with van der Waals surface area (Å²) in [6.07, 6.45) is 3.11. The molecule has 2 aliphatic rings. The molecule has 0 spiro atoms. The molecule has 0 aromatic rings. The zero-order valence-electron chi connectivity index (χ0n) is 6.02. The quantitative estimate of drug-likeness (QED) is 0.567. The van der Waals surface area contributed by atoms with E-state index in [0.29, 0.717) is 0 Å². The van der Waals surface area contributed by atoms with Gasteiger partial charge in [-0.1, -0.05) is 0 Å². The Kier molecular flexibility index (Phi) is 1.09. The van der Waals surface area contributed by atoms with Crippen LogP contribution >= 0.6 is 0 Å². The molecule has 2 aliphatic heterocycles. The normalized spacial score (nSPS) is 10.6. The van der Waals surface area contributed by atoms with Gasteiger partial charge in [-0.25, -0.2) is 4.73 Å². The zero-order chi connectivity index (χ0) is 7.84. The van der Waals surface area contributed by atoms with Gasteiger partial charge in [0.2, 0.25) is 0 Å². The molecule has 0 fully saturated rings. The third-order valence-electron chi connectivity index (χ3n) is 1.62. The molecule has 0 saturated heterocycles. The first kappa shape index (κ1) is 6.15. The molecule has 0 unspecified atom stereocenters. The maximum absolute atomic E-state index is 9.03. The fraction of sp³-hybridized carbons (Fsp3) is 0.143. The lowest BCUT2D eigenvalue weighted by Gasteiger charge is -1.99. The third kappa shape index (κ3) is 0.832. The van der Waals surface area contributed by atoms with E-state index in [4.69, 9.17) is 5.21 Å². The Morgan fingerprint density at radius 3 is 3.09 bits per heavy atom. The van der Waals surface area contributed by atoms with E-state index in [1.54, 1.807) is 12.3 Å². The van der Waals surface area contributed by atoms with Crippen molar-refractivity contribution in [1.82, 2.24) is 14.9 Å². The molecule has 4 nitrogen and oxygen atoms in total. The molecule has 1 N–H and O–H groups in total. The average molecular weight is 149 g/mol. The first-order chi connectivity index (χ1) is 5.27. The maximum atomic E-state index is 9.03. The highest BCUT2D eigenvalue weighted by molar-refractivity contribution is 5.61. The molecule has 56 valence electrons. The van der Waals surface area contributed by atoms with Crippen molar-refractivity contribution < 1.29 is 5.21 Å². The zero-order valence-corrected chi connectivity index (χ0v) is 6.02. The minimum atomic E-state index is 0.813. The number of hydrogen-bond acceptors (Lipinski definition) is 3. The Hall–Kier alpha value is -1.58. The fourth-order valence-electron chi connectivity index (χ4n) is 1.03. The van der Waals surface area contributed by atoms with Gasteiger partial charge in [-0.2, -0.15) is 10.2 Å². The number of fused-ring (bicyclic) bond motifs is 1. The lowest BCUT2D eigenvalue weighted by atomic mass is 10.2. The van der Waals surface area contributed by atoms with E-state index in [0.717, 1.165) is 21.7 Å². The van der Waals surface area contributed by atoms with Gasteiger partial charge in [0.15, 0.2) is 0 Å². The van der Waals surface area contributed by atoms with E-state index in [1.165, 1.54) is 6.20 Å². The van der Waals surface area contributed by atoms with Crippen LogP contribution < -0.4 is 0 Å². The van der Waals surface area contributed by atoms with Crippen LogP contribution in [0.2, 0.25) is 0 Å². The van der Waals surface area contributed by atoms with E-state index < -0.39 is 0 Å². The molecule has 2 heterocycles. The topological polar surface area (TPSA) is 50.9 Å². The van der Waals surface area contributed by atoms with Gasteiger partial charge in [0, 0.05) is 11.8 Å². The van der Waals surface area contributed by atoms with Crippen LogP contribution in [-0.4, -0.2) is 20.1 Å². The Balaban J connectivity index is 2.76. The predicted octanol–water partition coefficient (Wildman–Crippen LogP) is 0.929. The van der Waals surface area contributed by atoms with Gasteiger partial charge in [-0.15, -0.1) is 0 Å². The Morgan fingerprint density at radius 1 is 1.45 bits per heavy atom. The van der Waals surface area contributed by atoms with Crippen LogP contribution in [0, 0.1) is 6.92 Å². The molecule has 0 aromatic heterocycles. The second-order valence-corrected chi connectivity index (χ2v) is 2.41. The summed E-state index contributed by atoms with van der Waals surface area (Å²) in [6, 6.07) is 1.72.